The van der Waals surface area contributed by atoms with Gasteiger partial charge in [0.25, 0.3) is 0 Å². The maximum absolute atomic E-state index is 6.23. The zero-order valence-corrected chi connectivity index (χ0v) is 13.4. The van der Waals surface area contributed by atoms with Gasteiger partial charge in [0.05, 0.1) is 6.04 Å². The van der Waals surface area contributed by atoms with Gasteiger partial charge in [-0.2, -0.15) is 0 Å². The Hall–Kier alpha value is -0.670. The van der Waals surface area contributed by atoms with Crippen molar-refractivity contribution in [3.8, 4) is 0 Å². The quantitative estimate of drug-likeness (QED) is 0.753. The first-order valence-corrected chi connectivity index (χ1v) is 7.66. The molecule has 0 aliphatic heterocycles. The van der Waals surface area contributed by atoms with Gasteiger partial charge in [-0.05, 0) is 60.8 Å². The fourth-order valence-electron chi connectivity index (χ4n) is 2.04. The van der Waals surface area contributed by atoms with E-state index < -0.39 is 0 Å². The van der Waals surface area contributed by atoms with Gasteiger partial charge in [-0.1, -0.05) is 36.2 Å². The van der Waals surface area contributed by atoms with Crippen molar-refractivity contribution in [3.63, 3.8) is 0 Å². The second-order valence-electron chi connectivity index (χ2n) is 4.55. The molecular formula is C15H16Cl3NO. The molecule has 0 amide bonds. The van der Waals surface area contributed by atoms with E-state index in [2.05, 4.69) is 12.2 Å². The van der Waals surface area contributed by atoms with E-state index in [1.165, 1.54) is 0 Å². The molecule has 1 heterocycles. The van der Waals surface area contributed by atoms with Crippen molar-refractivity contribution in [2.24, 2.45) is 0 Å². The number of halogens is 3. The summed E-state index contributed by atoms with van der Waals surface area (Å²) in [6, 6.07) is 9.14. The Kier molecular flexibility index (Phi) is 5.79. The lowest BCUT2D eigenvalue weighted by Gasteiger charge is -2.18. The van der Waals surface area contributed by atoms with Crippen LogP contribution in [0, 0.1) is 0 Å². The first-order chi connectivity index (χ1) is 9.61. The van der Waals surface area contributed by atoms with E-state index in [9.17, 15) is 0 Å². The summed E-state index contributed by atoms with van der Waals surface area (Å²) in [7, 11) is 0. The number of nitrogens with one attached hydrogen (secondary N) is 1. The fourth-order valence-corrected chi connectivity index (χ4v) is 2.74. The highest BCUT2D eigenvalue weighted by molar-refractivity contribution is 6.36. The fraction of sp³-hybridized carbons (Fsp3) is 0.333. The summed E-state index contributed by atoms with van der Waals surface area (Å²) in [5.41, 5.74) is 0.914. The maximum atomic E-state index is 6.23. The summed E-state index contributed by atoms with van der Waals surface area (Å²) in [6.07, 6.45) is 1.68. The maximum Gasteiger partial charge on any atom is 0.193 e. The molecule has 0 spiro atoms. The van der Waals surface area contributed by atoms with Gasteiger partial charge in [0, 0.05) is 10.0 Å². The Morgan fingerprint density at radius 2 is 1.80 bits per heavy atom. The highest BCUT2D eigenvalue weighted by atomic mass is 35.5. The van der Waals surface area contributed by atoms with Crippen LogP contribution >= 0.6 is 34.8 Å². The van der Waals surface area contributed by atoms with E-state index in [0.717, 1.165) is 24.3 Å². The van der Waals surface area contributed by atoms with Crippen LogP contribution in [0.3, 0.4) is 0 Å². The van der Waals surface area contributed by atoms with Gasteiger partial charge in [0.15, 0.2) is 5.22 Å². The normalized spacial score (nSPS) is 12.6. The highest BCUT2D eigenvalue weighted by Crippen LogP contribution is 2.30. The summed E-state index contributed by atoms with van der Waals surface area (Å²) in [5.74, 6) is 0.791. The number of rotatable bonds is 6. The van der Waals surface area contributed by atoms with Crippen LogP contribution in [-0.4, -0.2) is 6.54 Å². The van der Waals surface area contributed by atoms with Crippen LogP contribution in [-0.2, 0) is 6.42 Å². The zero-order chi connectivity index (χ0) is 14.5. The van der Waals surface area contributed by atoms with E-state index in [4.69, 9.17) is 39.2 Å². The minimum Gasteiger partial charge on any atom is -0.448 e. The van der Waals surface area contributed by atoms with Crippen LogP contribution in [0.4, 0.5) is 0 Å². The SMILES string of the molecule is CCCNC(Cc1c(Cl)cccc1Cl)c1ccc(Cl)o1. The Balaban J connectivity index is 2.23. The van der Waals surface area contributed by atoms with Crippen LogP contribution in [0.2, 0.25) is 15.3 Å². The Morgan fingerprint density at radius 3 is 2.35 bits per heavy atom. The van der Waals surface area contributed by atoms with Gasteiger partial charge in [0.1, 0.15) is 5.76 Å². The molecule has 0 aliphatic rings. The van der Waals surface area contributed by atoms with Crippen LogP contribution in [0.5, 0.6) is 0 Å². The number of benzene rings is 1. The molecule has 1 unspecified atom stereocenters. The molecule has 5 heteroatoms. The summed E-state index contributed by atoms with van der Waals surface area (Å²) in [4.78, 5) is 0. The molecule has 0 aliphatic carbocycles. The van der Waals surface area contributed by atoms with E-state index in [-0.39, 0.29) is 6.04 Å². The van der Waals surface area contributed by atoms with Gasteiger partial charge < -0.3 is 9.73 Å². The molecule has 2 nitrogen and oxygen atoms in total. The lowest BCUT2D eigenvalue weighted by molar-refractivity contribution is 0.411. The molecule has 0 saturated carbocycles. The number of furan rings is 1. The minimum absolute atomic E-state index is 0.000139. The topological polar surface area (TPSA) is 25.2 Å². The average molecular weight is 333 g/mol. The van der Waals surface area contributed by atoms with Crippen molar-refractivity contribution in [1.29, 1.82) is 0 Å². The largest absolute Gasteiger partial charge is 0.448 e. The van der Waals surface area contributed by atoms with E-state index in [0.29, 0.717) is 21.7 Å². The molecule has 1 atom stereocenters. The van der Waals surface area contributed by atoms with Crippen molar-refractivity contribution in [1.82, 2.24) is 5.32 Å². The summed E-state index contributed by atoms with van der Waals surface area (Å²) >= 11 is 18.3. The third-order valence-corrected chi connectivity index (χ3v) is 3.96. The number of hydrogen-bond acceptors (Lipinski definition) is 2. The standard InChI is InChI=1S/C15H16Cl3NO/c1-2-8-19-13(14-6-7-15(18)20-14)9-10-11(16)4-3-5-12(10)17/h3-7,13,19H,2,8-9H2,1H3. The monoisotopic (exact) mass is 331 g/mol. The zero-order valence-electron chi connectivity index (χ0n) is 11.1. The van der Waals surface area contributed by atoms with E-state index in [1.54, 1.807) is 6.07 Å². The minimum atomic E-state index is -0.000139. The Bertz CT molecular complexity index is 548. The molecule has 0 bridgehead atoms. The van der Waals surface area contributed by atoms with Crippen molar-refractivity contribution in [2.45, 2.75) is 25.8 Å². The van der Waals surface area contributed by atoms with E-state index in [1.807, 2.05) is 24.3 Å². The van der Waals surface area contributed by atoms with Gasteiger partial charge in [-0.15, -0.1) is 0 Å². The third kappa shape index (κ3) is 3.92. The summed E-state index contributed by atoms with van der Waals surface area (Å²) < 4.78 is 5.51. The van der Waals surface area contributed by atoms with Crippen LogP contribution in [0.15, 0.2) is 34.7 Å². The first kappa shape index (κ1) is 15.7. The molecule has 0 radical (unpaired) electrons. The molecule has 20 heavy (non-hydrogen) atoms. The van der Waals surface area contributed by atoms with Gasteiger partial charge in [-0.25, -0.2) is 0 Å². The Labute approximate surface area is 134 Å². The lowest BCUT2D eigenvalue weighted by Crippen LogP contribution is -2.24. The molecule has 0 fully saturated rings. The Morgan fingerprint density at radius 1 is 1.10 bits per heavy atom. The molecule has 0 saturated heterocycles. The highest BCUT2D eigenvalue weighted by Gasteiger charge is 2.18. The smallest absolute Gasteiger partial charge is 0.193 e. The average Bonchev–Trinajstić information content (AvgIpc) is 2.84. The van der Waals surface area contributed by atoms with Crippen molar-refractivity contribution in [2.75, 3.05) is 6.54 Å². The predicted octanol–water partition coefficient (Wildman–Crippen LogP) is 5.52. The molecule has 2 aromatic rings. The summed E-state index contributed by atoms with van der Waals surface area (Å²) in [6.45, 7) is 2.99. The second-order valence-corrected chi connectivity index (χ2v) is 5.74. The first-order valence-electron chi connectivity index (χ1n) is 6.53. The molecule has 108 valence electrons. The van der Waals surface area contributed by atoms with Crippen molar-refractivity contribution >= 4 is 34.8 Å². The van der Waals surface area contributed by atoms with Crippen LogP contribution < -0.4 is 5.32 Å². The van der Waals surface area contributed by atoms with Gasteiger partial charge in [-0.3, -0.25) is 0 Å². The van der Waals surface area contributed by atoms with Crippen molar-refractivity contribution in [3.05, 3.63) is 56.9 Å². The lowest BCUT2D eigenvalue weighted by atomic mass is 10.0. The molecular weight excluding hydrogens is 317 g/mol. The molecule has 1 aromatic carbocycles. The molecule has 1 aromatic heterocycles. The summed E-state index contributed by atoms with van der Waals surface area (Å²) in [5, 5.41) is 5.15. The van der Waals surface area contributed by atoms with Gasteiger partial charge in [0.2, 0.25) is 0 Å². The van der Waals surface area contributed by atoms with Gasteiger partial charge >= 0.3 is 0 Å². The predicted molar refractivity (Wildman–Crippen MR) is 84.9 cm³/mol. The molecule has 1 N–H and O–H groups in total. The number of hydrogen-bond donors (Lipinski definition) is 1. The van der Waals surface area contributed by atoms with E-state index >= 15 is 0 Å². The third-order valence-electron chi connectivity index (χ3n) is 3.05. The van der Waals surface area contributed by atoms with Crippen LogP contribution in [0.1, 0.15) is 30.7 Å². The van der Waals surface area contributed by atoms with Crippen molar-refractivity contribution < 1.29 is 4.42 Å². The second kappa shape index (κ2) is 7.37. The van der Waals surface area contributed by atoms with Crippen LogP contribution in [0.25, 0.3) is 0 Å². The molecule has 2 rings (SSSR count).